The molecule has 0 bridgehead atoms. The first kappa shape index (κ1) is 18.2. The SMILES string of the molecule is COc1ccc(Nc2nnc(-c3cc4cccnc4nc3-c3ccccc3)s2)cc1. The van der Waals surface area contributed by atoms with E-state index in [-0.39, 0.29) is 0 Å². The topological polar surface area (TPSA) is 72.8 Å². The molecule has 6 nitrogen and oxygen atoms in total. The molecule has 0 atom stereocenters. The lowest BCUT2D eigenvalue weighted by molar-refractivity contribution is 0.415. The van der Waals surface area contributed by atoms with Crippen molar-refractivity contribution in [2.45, 2.75) is 0 Å². The predicted molar refractivity (Wildman–Crippen MR) is 120 cm³/mol. The highest BCUT2D eigenvalue weighted by Crippen LogP contribution is 2.36. The average molecular weight is 411 g/mol. The molecular formula is C23H17N5OS. The highest BCUT2D eigenvalue weighted by molar-refractivity contribution is 7.18. The van der Waals surface area contributed by atoms with Crippen molar-refractivity contribution < 1.29 is 4.74 Å². The summed E-state index contributed by atoms with van der Waals surface area (Å²) in [5.74, 6) is 0.807. The number of benzene rings is 2. The number of ether oxygens (including phenoxy) is 1. The van der Waals surface area contributed by atoms with Gasteiger partial charge in [-0.3, -0.25) is 0 Å². The molecule has 0 radical (unpaired) electrons. The molecule has 0 fully saturated rings. The summed E-state index contributed by atoms with van der Waals surface area (Å²) in [6.07, 6.45) is 1.76. The molecule has 0 saturated carbocycles. The van der Waals surface area contributed by atoms with Gasteiger partial charge in [0.1, 0.15) is 5.75 Å². The third kappa shape index (κ3) is 3.58. The first-order valence-corrected chi connectivity index (χ1v) is 10.2. The molecule has 3 heterocycles. The maximum atomic E-state index is 5.21. The van der Waals surface area contributed by atoms with Crippen molar-refractivity contribution in [3.05, 3.63) is 79.0 Å². The number of fused-ring (bicyclic) bond motifs is 1. The molecule has 0 amide bonds. The second-order valence-electron chi connectivity index (χ2n) is 6.57. The van der Waals surface area contributed by atoms with Crippen molar-refractivity contribution in [3.8, 4) is 27.6 Å². The zero-order chi connectivity index (χ0) is 20.3. The third-order valence-corrected chi connectivity index (χ3v) is 5.51. The van der Waals surface area contributed by atoms with Crippen LogP contribution in [0, 0.1) is 0 Å². The molecule has 5 aromatic rings. The third-order valence-electron chi connectivity index (χ3n) is 4.63. The lowest BCUT2D eigenvalue weighted by Gasteiger charge is -2.08. The Morgan fingerprint density at radius 2 is 1.73 bits per heavy atom. The zero-order valence-electron chi connectivity index (χ0n) is 16.1. The van der Waals surface area contributed by atoms with Crippen molar-refractivity contribution >= 4 is 33.2 Å². The van der Waals surface area contributed by atoms with Gasteiger partial charge in [-0.25, -0.2) is 9.97 Å². The van der Waals surface area contributed by atoms with Gasteiger partial charge in [-0.2, -0.15) is 0 Å². The van der Waals surface area contributed by atoms with Crippen molar-refractivity contribution in [2.24, 2.45) is 0 Å². The van der Waals surface area contributed by atoms with E-state index in [1.54, 1.807) is 13.3 Å². The maximum Gasteiger partial charge on any atom is 0.210 e. The van der Waals surface area contributed by atoms with Gasteiger partial charge in [-0.05, 0) is 42.5 Å². The molecule has 0 spiro atoms. The predicted octanol–water partition coefficient (Wildman–Crippen LogP) is 5.57. The van der Waals surface area contributed by atoms with Gasteiger partial charge in [0, 0.05) is 28.4 Å². The van der Waals surface area contributed by atoms with E-state index < -0.39 is 0 Å². The molecule has 5 rings (SSSR count). The van der Waals surface area contributed by atoms with Crippen LogP contribution < -0.4 is 10.1 Å². The molecule has 1 N–H and O–H groups in total. The van der Waals surface area contributed by atoms with Gasteiger partial charge in [0.05, 0.1) is 12.8 Å². The number of anilines is 2. The van der Waals surface area contributed by atoms with Crippen LogP contribution in [-0.2, 0) is 0 Å². The number of hydrogen-bond donors (Lipinski definition) is 1. The van der Waals surface area contributed by atoms with Crippen LogP contribution in [0.25, 0.3) is 32.9 Å². The number of aromatic nitrogens is 4. The van der Waals surface area contributed by atoms with Crippen molar-refractivity contribution in [2.75, 3.05) is 12.4 Å². The largest absolute Gasteiger partial charge is 0.497 e. The number of methoxy groups -OCH3 is 1. The zero-order valence-corrected chi connectivity index (χ0v) is 16.9. The Balaban J connectivity index is 1.55. The Kier molecular flexibility index (Phi) is 4.78. The quantitative estimate of drug-likeness (QED) is 0.408. The van der Waals surface area contributed by atoms with Gasteiger partial charge in [0.15, 0.2) is 10.7 Å². The van der Waals surface area contributed by atoms with E-state index in [0.29, 0.717) is 10.8 Å². The normalized spacial score (nSPS) is 10.8. The summed E-state index contributed by atoms with van der Waals surface area (Å²) in [6, 6.07) is 23.8. The van der Waals surface area contributed by atoms with Crippen LogP contribution in [0.5, 0.6) is 5.75 Å². The van der Waals surface area contributed by atoms with Gasteiger partial charge in [0.2, 0.25) is 5.13 Å². The Hall–Kier alpha value is -3.84. The first-order valence-electron chi connectivity index (χ1n) is 9.36. The molecule has 3 aromatic heterocycles. The fraction of sp³-hybridized carbons (Fsp3) is 0.0435. The summed E-state index contributed by atoms with van der Waals surface area (Å²) in [5.41, 5.74) is 4.42. The Labute approximate surface area is 177 Å². The first-order chi connectivity index (χ1) is 14.8. The molecular weight excluding hydrogens is 394 g/mol. The average Bonchev–Trinajstić information content (AvgIpc) is 3.27. The number of nitrogens with one attached hydrogen (secondary N) is 1. The minimum absolute atomic E-state index is 0.709. The van der Waals surface area contributed by atoms with Gasteiger partial charge in [-0.15, -0.1) is 10.2 Å². The van der Waals surface area contributed by atoms with Crippen molar-refractivity contribution in [3.63, 3.8) is 0 Å². The van der Waals surface area contributed by atoms with Gasteiger partial charge < -0.3 is 10.1 Å². The summed E-state index contributed by atoms with van der Waals surface area (Å²) in [4.78, 5) is 9.24. The molecule has 7 heteroatoms. The molecule has 146 valence electrons. The van der Waals surface area contributed by atoms with Crippen LogP contribution in [-0.4, -0.2) is 27.3 Å². The summed E-state index contributed by atoms with van der Waals surface area (Å²) in [6.45, 7) is 0. The van der Waals surface area contributed by atoms with E-state index in [4.69, 9.17) is 9.72 Å². The smallest absolute Gasteiger partial charge is 0.210 e. The van der Waals surface area contributed by atoms with Crippen LogP contribution in [0.15, 0.2) is 79.0 Å². The molecule has 0 aliphatic carbocycles. The Bertz CT molecular complexity index is 1300. The Morgan fingerprint density at radius 3 is 2.53 bits per heavy atom. The molecule has 0 saturated heterocycles. The molecule has 0 unspecified atom stereocenters. The van der Waals surface area contributed by atoms with Crippen molar-refractivity contribution in [1.82, 2.24) is 20.2 Å². The van der Waals surface area contributed by atoms with Crippen LogP contribution >= 0.6 is 11.3 Å². The summed E-state index contributed by atoms with van der Waals surface area (Å²) >= 11 is 1.48. The minimum atomic E-state index is 0.709. The van der Waals surface area contributed by atoms with E-state index >= 15 is 0 Å². The van der Waals surface area contributed by atoms with Gasteiger partial charge in [0.25, 0.3) is 0 Å². The fourth-order valence-electron chi connectivity index (χ4n) is 3.16. The highest BCUT2D eigenvalue weighted by Gasteiger charge is 2.16. The number of pyridine rings is 2. The van der Waals surface area contributed by atoms with E-state index in [1.165, 1.54) is 11.3 Å². The monoisotopic (exact) mass is 411 g/mol. The minimum Gasteiger partial charge on any atom is -0.497 e. The second kappa shape index (κ2) is 7.88. The Morgan fingerprint density at radius 1 is 0.900 bits per heavy atom. The van der Waals surface area contributed by atoms with Crippen LogP contribution in [0.2, 0.25) is 0 Å². The van der Waals surface area contributed by atoms with Crippen molar-refractivity contribution in [1.29, 1.82) is 0 Å². The standard InChI is InChI=1S/C23H17N5OS/c1-29-18-11-9-17(10-12-18)25-23-28-27-22(30-23)19-14-16-8-5-13-24-21(16)26-20(19)15-6-3-2-4-7-15/h2-14H,1H3,(H,25,28). The van der Waals surface area contributed by atoms with Gasteiger partial charge >= 0.3 is 0 Å². The number of rotatable bonds is 5. The molecule has 0 aliphatic heterocycles. The van der Waals surface area contributed by atoms with Crippen LogP contribution in [0.3, 0.4) is 0 Å². The molecule has 30 heavy (non-hydrogen) atoms. The van der Waals surface area contributed by atoms with E-state index in [9.17, 15) is 0 Å². The molecule has 0 aliphatic rings. The summed E-state index contributed by atoms with van der Waals surface area (Å²) < 4.78 is 5.21. The van der Waals surface area contributed by atoms with Gasteiger partial charge in [-0.1, -0.05) is 41.7 Å². The highest BCUT2D eigenvalue weighted by atomic mass is 32.1. The second-order valence-corrected chi connectivity index (χ2v) is 7.54. The van der Waals surface area contributed by atoms with Crippen LogP contribution in [0.4, 0.5) is 10.8 Å². The lowest BCUT2D eigenvalue weighted by Crippen LogP contribution is -1.92. The molecule has 2 aromatic carbocycles. The number of hydrogen-bond acceptors (Lipinski definition) is 7. The van der Waals surface area contributed by atoms with Crippen LogP contribution in [0.1, 0.15) is 0 Å². The summed E-state index contributed by atoms with van der Waals surface area (Å²) in [5, 5.41) is 14.5. The van der Waals surface area contributed by atoms with E-state index in [0.717, 1.165) is 38.7 Å². The lowest BCUT2D eigenvalue weighted by atomic mass is 10.0. The summed E-state index contributed by atoms with van der Waals surface area (Å²) in [7, 11) is 1.65. The van der Waals surface area contributed by atoms with E-state index in [2.05, 4.69) is 26.6 Å². The number of nitrogens with zero attached hydrogens (tertiary/aromatic N) is 4. The fourth-order valence-corrected chi connectivity index (χ4v) is 3.95. The van der Waals surface area contributed by atoms with E-state index in [1.807, 2.05) is 66.7 Å². The maximum absolute atomic E-state index is 5.21.